The second-order valence-corrected chi connectivity index (χ2v) is 2.87. The average Bonchev–Trinajstić information content (AvgIpc) is 2.17. The third-order valence-electron chi connectivity index (χ3n) is 2.15. The van der Waals surface area contributed by atoms with E-state index in [2.05, 4.69) is 36.2 Å². The van der Waals surface area contributed by atoms with Gasteiger partial charge in [-0.3, -0.25) is 4.98 Å². The number of rotatable bonds is 1. The van der Waals surface area contributed by atoms with Crippen molar-refractivity contribution in [2.24, 2.45) is 0 Å². The molecule has 0 aliphatic rings. The molecule has 1 aromatic heterocycles. The molecule has 1 heteroatoms. The number of nitrogens with zero attached hydrogens (tertiary/aromatic N) is 1. The summed E-state index contributed by atoms with van der Waals surface area (Å²) in [5.41, 5.74) is 1.38. The Balaban J connectivity index is 2.79. The van der Waals surface area contributed by atoms with E-state index in [-0.39, 0.29) is 0 Å². The van der Waals surface area contributed by atoms with E-state index in [0.29, 0.717) is 0 Å². The zero-order valence-corrected chi connectivity index (χ0v) is 7.12. The van der Waals surface area contributed by atoms with Crippen LogP contribution in [0.3, 0.4) is 0 Å². The molecule has 0 N–H and O–H groups in total. The molecule has 2 aromatic rings. The number of aromatic nitrogens is 1. The Morgan fingerprint density at radius 1 is 1.25 bits per heavy atom. The van der Waals surface area contributed by atoms with E-state index in [1.54, 1.807) is 0 Å². The van der Waals surface area contributed by atoms with Crippen LogP contribution in [-0.4, -0.2) is 4.98 Å². The molecule has 0 amide bonds. The molecular weight excluding hydrogens is 146 g/mol. The van der Waals surface area contributed by atoms with E-state index in [0.717, 1.165) is 6.42 Å². The quantitative estimate of drug-likeness (QED) is 0.620. The van der Waals surface area contributed by atoms with E-state index in [4.69, 9.17) is 0 Å². The van der Waals surface area contributed by atoms with Crippen LogP contribution in [0.2, 0.25) is 0 Å². The molecule has 1 aromatic carbocycles. The summed E-state index contributed by atoms with van der Waals surface area (Å²) in [6, 6.07) is 8.43. The summed E-state index contributed by atoms with van der Waals surface area (Å²) >= 11 is 0. The molecule has 0 radical (unpaired) electrons. The van der Waals surface area contributed by atoms with Gasteiger partial charge in [0.15, 0.2) is 0 Å². The lowest BCUT2D eigenvalue weighted by Gasteiger charge is -2.01. The fourth-order valence-electron chi connectivity index (χ4n) is 1.48. The number of benzene rings is 1. The number of hydrogen-bond donors (Lipinski definition) is 0. The fraction of sp³-hybridized carbons (Fsp3) is 0.182. The first kappa shape index (κ1) is 7.29. The predicted molar refractivity (Wildman–Crippen MR) is 51.1 cm³/mol. The van der Waals surface area contributed by atoms with Crippen LogP contribution in [0.4, 0.5) is 0 Å². The first-order chi connectivity index (χ1) is 5.92. The van der Waals surface area contributed by atoms with Crippen molar-refractivity contribution in [3.05, 3.63) is 42.2 Å². The summed E-state index contributed by atoms with van der Waals surface area (Å²) in [6.45, 7) is 2.17. The largest absolute Gasteiger partial charge is 0.264 e. The van der Waals surface area contributed by atoms with Crippen LogP contribution >= 0.6 is 0 Å². The Labute approximate surface area is 72.1 Å². The Morgan fingerprint density at radius 2 is 2.17 bits per heavy atom. The third kappa shape index (κ3) is 1.07. The van der Waals surface area contributed by atoms with E-state index >= 15 is 0 Å². The molecule has 0 aliphatic carbocycles. The van der Waals surface area contributed by atoms with E-state index in [1.165, 1.54) is 16.3 Å². The molecule has 60 valence electrons. The van der Waals surface area contributed by atoms with Crippen molar-refractivity contribution >= 4 is 10.8 Å². The molecule has 1 heterocycles. The van der Waals surface area contributed by atoms with Gasteiger partial charge in [0, 0.05) is 17.8 Å². The Kier molecular flexibility index (Phi) is 1.78. The van der Waals surface area contributed by atoms with Gasteiger partial charge in [-0.1, -0.05) is 25.1 Å². The molecule has 1 nitrogen and oxygen atoms in total. The monoisotopic (exact) mass is 157 g/mol. The van der Waals surface area contributed by atoms with Gasteiger partial charge in [0.05, 0.1) is 0 Å². The molecule has 0 aliphatic heterocycles. The summed E-state index contributed by atoms with van der Waals surface area (Å²) < 4.78 is 0. The lowest BCUT2D eigenvalue weighted by molar-refractivity contribution is 1.15. The van der Waals surface area contributed by atoms with Gasteiger partial charge in [0.1, 0.15) is 0 Å². The van der Waals surface area contributed by atoms with Gasteiger partial charge in [0.25, 0.3) is 0 Å². The zero-order chi connectivity index (χ0) is 8.39. The van der Waals surface area contributed by atoms with Gasteiger partial charge >= 0.3 is 0 Å². The highest BCUT2D eigenvalue weighted by Crippen LogP contribution is 2.17. The highest BCUT2D eigenvalue weighted by Gasteiger charge is 1.96. The summed E-state index contributed by atoms with van der Waals surface area (Å²) in [7, 11) is 0. The van der Waals surface area contributed by atoms with Crippen molar-refractivity contribution in [3.8, 4) is 0 Å². The smallest absolute Gasteiger partial charge is 0.0349 e. The van der Waals surface area contributed by atoms with Crippen LogP contribution in [-0.2, 0) is 6.42 Å². The first-order valence-corrected chi connectivity index (χ1v) is 4.23. The van der Waals surface area contributed by atoms with Crippen molar-refractivity contribution in [1.82, 2.24) is 4.98 Å². The summed E-state index contributed by atoms with van der Waals surface area (Å²) in [5, 5.41) is 2.56. The molecule has 12 heavy (non-hydrogen) atoms. The Bertz CT molecular complexity index is 388. The number of fused-ring (bicyclic) bond motifs is 1. The second kappa shape index (κ2) is 2.94. The average molecular weight is 157 g/mol. The van der Waals surface area contributed by atoms with Gasteiger partial charge < -0.3 is 0 Å². The molecule has 0 fully saturated rings. The summed E-state index contributed by atoms with van der Waals surface area (Å²) in [6.07, 6.45) is 4.85. The molecule has 0 bridgehead atoms. The molecule has 0 unspecified atom stereocenters. The maximum atomic E-state index is 4.12. The maximum absolute atomic E-state index is 4.12. The zero-order valence-electron chi connectivity index (χ0n) is 7.12. The van der Waals surface area contributed by atoms with Crippen LogP contribution in [0.5, 0.6) is 0 Å². The Hall–Kier alpha value is -1.37. The van der Waals surface area contributed by atoms with Crippen molar-refractivity contribution in [2.75, 3.05) is 0 Å². The van der Waals surface area contributed by atoms with Gasteiger partial charge in [-0.05, 0) is 23.4 Å². The lowest BCUT2D eigenvalue weighted by atomic mass is 10.1. The highest BCUT2D eigenvalue weighted by molar-refractivity contribution is 5.84. The molecule has 0 saturated carbocycles. The molecule has 0 spiro atoms. The van der Waals surface area contributed by atoms with Gasteiger partial charge in [-0.15, -0.1) is 0 Å². The number of hydrogen-bond acceptors (Lipinski definition) is 1. The fourth-order valence-corrected chi connectivity index (χ4v) is 1.48. The first-order valence-electron chi connectivity index (χ1n) is 4.23. The molecule has 2 rings (SSSR count). The molecule has 0 atom stereocenters. The van der Waals surface area contributed by atoms with Crippen molar-refractivity contribution in [1.29, 1.82) is 0 Å². The minimum Gasteiger partial charge on any atom is -0.264 e. The highest BCUT2D eigenvalue weighted by atomic mass is 14.6. The van der Waals surface area contributed by atoms with Crippen LogP contribution in [0, 0.1) is 0 Å². The SMILES string of the molecule is CCc1cccc2ccncc12. The number of aryl methyl sites for hydroxylation is 1. The van der Waals surface area contributed by atoms with Crippen LogP contribution in [0.25, 0.3) is 10.8 Å². The molecule has 0 saturated heterocycles. The topological polar surface area (TPSA) is 12.9 Å². The predicted octanol–water partition coefficient (Wildman–Crippen LogP) is 2.80. The minimum absolute atomic E-state index is 1.07. The third-order valence-corrected chi connectivity index (χ3v) is 2.15. The van der Waals surface area contributed by atoms with Crippen molar-refractivity contribution in [2.45, 2.75) is 13.3 Å². The van der Waals surface area contributed by atoms with Gasteiger partial charge in [-0.25, -0.2) is 0 Å². The second-order valence-electron chi connectivity index (χ2n) is 2.87. The lowest BCUT2D eigenvalue weighted by Crippen LogP contribution is -1.83. The summed E-state index contributed by atoms with van der Waals surface area (Å²) in [4.78, 5) is 4.12. The van der Waals surface area contributed by atoms with E-state index in [9.17, 15) is 0 Å². The van der Waals surface area contributed by atoms with Crippen molar-refractivity contribution < 1.29 is 0 Å². The Morgan fingerprint density at radius 3 is 3.00 bits per heavy atom. The van der Waals surface area contributed by atoms with E-state index in [1.807, 2.05) is 12.4 Å². The number of pyridine rings is 1. The van der Waals surface area contributed by atoms with Crippen LogP contribution in [0.1, 0.15) is 12.5 Å². The standard InChI is InChI=1S/C11H11N/c1-2-9-4-3-5-10-6-7-12-8-11(9)10/h3-8H,2H2,1H3. The molecular formula is C11H11N. The maximum Gasteiger partial charge on any atom is 0.0349 e. The normalized spacial score (nSPS) is 10.4. The van der Waals surface area contributed by atoms with E-state index < -0.39 is 0 Å². The van der Waals surface area contributed by atoms with Crippen LogP contribution < -0.4 is 0 Å². The summed E-state index contributed by atoms with van der Waals surface area (Å²) in [5.74, 6) is 0. The van der Waals surface area contributed by atoms with Gasteiger partial charge in [-0.2, -0.15) is 0 Å². The van der Waals surface area contributed by atoms with Crippen molar-refractivity contribution in [3.63, 3.8) is 0 Å². The van der Waals surface area contributed by atoms with Crippen LogP contribution in [0.15, 0.2) is 36.7 Å². The minimum atomic E-state index is 1.07. The van der Waals surface area contributed by atoms with Gasteiger partial charge in [0.2, 0.25) is 0 Å².